The number of amides is 1. The Kier molecular flexibility index (Phi) is 6.25. The van der Waals surface area contributed by atoms with Gasteiger partial charge in [-0.15, -0.1) is 0 Å². The van der Waals surface area contributed by atoms with Crippen molar-refractivity contribution in [3.8, 4) is 0 Å². The molecular weight excluding hydrogens is 412 g/mol. The van der Waals surface area contributed by atoms with E-state index < -0.39 is 10.0 Å². The number of sulfonamides is 1. The lowest BCUT2D eigenvalue weighted by Crippen LogP contribution is -2.42. The Balaban J connectivity index is 1.56. The van der Waals surface area contributed by atoms with Crippen molar-refractivity contribution in [2.45, 2.75) is 43.7 Å². The molecule has 7 heteroatoms. The van der Waals surface area contributed by atoms with Crippen LogP contribution in [-0.2, 0) is 27.8 Å². The molecule has 1 heterocycles. The summed E-state index contributed by atoms with van der Waals surface area (Å²) in [7, 11) is -3.88. The fraction of sp³-hybridized carbons (Fsp3) is 0.292. The van der Waals surface area contributed by atoms with E-state index in [2.05, 4.69) is 11.4 Å². The summed E-state index contributed by atoms with van der Waals surface area (Å²) in [6, 6.07) is 18.1. The second-order valence-corrected chi connectivity index (χ2v) is 9.82. The molecule has 0 fully saturated rings. The lowest BCUT2D eigenvalue weighted by Gasteiger charge is -2.28. The molecule has 0 bridgehead atoms. The van der Waals surface area contributed by atoms with Crippen LogP contribution in [0.4, 0.5) is 0 Å². The SMILES string of the molecule is Cc1cccc(S(=O)(=O)N(CC(=O)N[C@H]2CCCc3ccccc32)Cc2ccco2)c1. The minimum atomic E-state index is -3.88. The molecule has 0 saturated heterocycles. The number of hydrogen-bond acceptors (Lipinski definition) is 4. The topological polar surface area (TPSA) is 79.6 Å². The third kappa shape index (κ3) is 4.89. The fourth-order valence-electron chi connectivity index (χ4n) is 4.03. The maximum Gasteiger partial charge on any atom is 0.243 e. The molecule has 0 radical (unpaired) electrons. The van der Waals surface area contributed by atoms with Crippen molar-refractivity contribution in [3.63, 3.8) is 0 Å². The van der Waals surface area contributed by atoms with E-state index in [-0.39, 0.29) is 29.9 Å². The number of aryl methyl sites for hydroxylation is 2. The number of fused-ring (bicyclic) bond motifs is 1. The van der Waals surface area contributed by atoms with Crippen LogP contribution in [0.3, 0.4) is 0 Å². The number of carbonyl (C=O) groups excluding carboxylic acids is 1. The van der Waals surface area contributed by atoms with Gasteiger partial charge in [0, 0.05) is 0 Å². The minimum Gasteiger partial charge on any atom is -0.468 e. The van der Waals surface area contributed by atoms with E-state index in [0.29, 0.717) is 5.76 Å². The molecule has 1 N–H and O–H groups in total. The first-order chi connectivity index (χ1) is 14.9. The number of nitrogens with zero attached hydrogens (tertiary/aromatic N) is 1. The molecule has 1 aliphatic carbocycles. The van der Waals surface area contributed by atoms with Gasteiger partial charge in [0.05, 0.1) is 30.3 Å². The molecule has 3 aromatic rings. The third-order valence-electron chi connectivity index (χ3n) is 5.56. The number of benzene rings is 2. The fourth-order valence-corrected chi connectivity index (χ4v) is 5.50. The van der Waals surface area contributed by atoms with Gasteiger partial charge in [-0.25, -0.2) is 8.42 Å². The van der Waals surface area contributed by atoms with Crippen LogP contribution in [0.5, 0.6) is 0 Å². The standard InChI is InChI=1S/C24H26N2O4S/c1-18-7-4-11-21(15-18)31(28,29)26(16-20-10-6-14-30-20)17-24(27)25-23-13-5-9-19-8-2-3-12-22(19)23/h2-4,6-8,10-12,14-15,23H,5,9,13,16-17H2,1H3,(H,25,27)/t23-/m0/s1. The maximum atomic E-state index is 13.3. The molecule has 1 aromatic heterocycles. The van der Waals surface area contributed by atoms with E-state index in [1.807, 2.05) is 31.2 Å². The zero-order chi connectivity index (χ0) is 21.8. The van der Waals surface area contributed by atoms with Gasteiger partial charge in [-0.3, -0.25) is 4.79 Å². The van der Waals surface area contributed by atoms with Gasteiger partial charge in [-0.05, 0) is 67.1 Å². The van der Waals surface area contributed by atoms with Crippen molar-refractivity contribution in [2.75, 3.05) is 6.54 Å². The molecule has 4 rings (SSSR count). The van der Waals surface area contributed by atoms with Crippen molar-refractivity contribution in [1.29, 1.82) is 0 Å². The summed E-state index contributed by atoms with van der Waals surface area (Å²) in [5.41, 5.74) is 3.18. The first-order valence-corrected chi connectivity index (χ1v) is 11.8. The van der Waals surface area contributed by atoms with Gasteiger partial charge >= 0.3 is 0 Å². The van der Waals surface area contributed by atoms with Crippen molar-refractivity contribution in [1.82, 2.24) is 9.62 Å². The number of rotatable bonds is 7. The van der Waals surface area contributed by atoms with Crippen molar-refractivity contribution >= 4 is 15.9 Å². The predicted octanol–water partition coefficient (Wildman–Crippen LogP) is 3.97. The zero-order valence-corrected chi connectivity index (χ0v) is 18.3. The van der Waals surface area contributed by atoms with E-state index in [1.165, 1.54) is 16.1 Å². The lowest BCUT2D eigenvalue weighted by molar-refractivity contribution is -0.122. The molecule has 31 heavy (non-hydrogen) atoms. The molecule has 162 valence electrons. The van der Waals surface area contributed by atoms with Crippen molar-refractivity contribution in [2.24, 2.45) is 0 Å². The Morgan fingerprint density at radius 2 is 1.97 bits per heavy atom. The Morgan fingerprint density at radius 3 is 2.74 bits per heavy atom. The number of hydrogen-bond donors (Lipinski definition) is 1. The van der Waals surface area contributed by atoms with Crippen LogP contribution in [0.1, 0.15) is 41.3 Å². The number of furan rings is 1. The summed E-state index contributed by atoms with van der Waals surface area (Å²) >= 11 is 0. The molecule has 0 aliphatic heterocycles. The Labute approximate surface area is 182 Å². The van der Waals surface area contributed by atoms with Gasteiger partial charge in [0.25, 0.3) is 0 Å². The van der Waals surface area contributed by atoms with Gasteiger partial charge in [-0.1, -0.05) is 36.4 Å². The highest BCUT2D eigenvalue weighted by Gasteiger charge is 2.29. The Bertz CT molecular complexity index is 1160. The second kappa shape index (κ2) is 9.08. The van der Waals surface area contributed by atoms with Crippen molar-refractivity contribution < 1.29 is 17.6 Å². The van der Waals surface area contributed by atoms with E-state index >= 15 is 0 Å². The number of nitrogens with one attached hydrogen (secondary N) is 1. The predicted molar refractivity (Wildman–Crippen MR) is 118 cm³/mol. The normalized spacial score (nSPS) is 16.1. The molecular formula is C24H26N2O4S. The average Bonchev–Trinajstić information content (AvgIpc) is 3.27. The van der Waals surface area contributed by atoms with Gasteiger partial charge in [-0.2, -0.15) is 4.31 Å². The highest BCUT2D eigenvalue weighted by Crippen LogP contribution is 2.29. The summed E-state index contributed by atoms with van der Waals surface area (Å²) in [5.74, 6) is 0.150. The Morgan fingerprint density at radius 1 is 1.13 bits per heavy atom. The first-order valence-electron chi connectivity index (χ1n) is 10.4. The summed E-state index contributed by atoms with van der Waals surface area (Å²) in [6.45, 7) is 1.54. The van der Waals surface area contributed by atoms with Gasteiger partial charge in [0.2, 0.25) is 15.9 Å². The van der Waals surface area contributed by atoms with E-state index in [4.69, 9.17) is 4.42 Å². The first kappa shape index (κ1) is 21.3. The summed E-state index contributed by atoms with van der Waals surface area (Å²) in [4.78, 5) is 13.1. The summed E-state index contributed by atoms with van der Waals surface area (Å²) in [5, 5.41) is 3.04. The maximum absolute atomic E-state index is 13.3. The van der Waals surface area contributed by atoms with Gasteiger partial charge in [0.1, 0.15) is 5.76 Å². The van der Waals surface area contributed by atoms with Gasteiger partial charge in [0.15, 0.2) is 0 Å². The summed E-state index contributed by atoms with van der Waals surface area (Å²) < 4.78 is 33.2. The zero-order valence-electron chi connectivity index (χ0n) is 17.5. The van der Waals surface area contributed by atoms with Crippen LogP contribution in [-0.4, -0.2) is 25.2 Å². The van der Waals surface area contributed by atoms with Crippen LogP contribution in [0.2, 0.25) is 0 Å². The van der Waals surface area contributed by atoms with Crippen molar-refractivity contribution in [3.05, 3.63) is 89.4 Å². The highest BCUT2D eigenvalue weighted by molar-refractivity contribution is 7.89. The van der Waals surface area contributed by atoms with Crippen LogP contribution < -0.4 is 5.32 Å². The lowest BCUT2D eigenvalue weighted by atomic mass is 9.88. The molecule has 6 nitrogen and oxygen atoms in total. The van der Waals surface area contributed by atoms with Crippen LogP contribution in [0.15, 0.2) is 76.2 Å². The minimum absolute atomic E-state index is 0.0159. The molecule has 1 amide bonds. The van der Waals surface area contributed by atoms with Crippen LogP contribution in [0.25, 0.3) is 0 Å². The molecule has 1 atom stereocenters. The average molecular weight is 439 g/mol. The monoisotopic (exact) mass is 438 g/mol. The van der Waals surface area contributed by atoms with E-state index in [1.54, 1.807) is 30.3 Å². The smallest absolute Gasteiger partial charge is 0.243 e. The third-order valence-corrected chi connectivity index (χ3v) is 7.35. The van der Waals surface area contributed by atoms with Crippen LogP contribution >= 0.6 is 0 Å². The highest BCUT2D eigenvalue weighted by atomic mass is 32.2. The van der Waals surface area contributed by atoms with Gasteiger partial charge < -0.3 is 9.73 Å². The molecule has 0 unspecified atom stereocenters. The second-order valence-electron chi connectivity index (χ2n) is 7.88. The number of carbonyl (C=O) groups is 1. The molecule has 2 aromatic carbocycles. The quantitative estimate of drug-likeness (QED) is 0.605. The van der Waals surface area contributed by atoms with E-state index in [0.717, 1.165) is 30.4 Å². The van der Waals surface area contributed by atoms with Crippen LogP contribution in [0, 0.1) is 6.92 Å². The summed E-state index contributed by atoms with van der Waals surface area (Å²) in [6.07, 6.45) is 4.31. The van der Waals surface area contributed by atoms with E-state index in [9.17, 15) is 13.2 Å². The largest absolute Gasteiger partial charge is 0.468 e. The molecule has 0 spiro atoms. The Hall–Kier alpha value is -2.90. The molecule has 0 saturated carbocycles. The molecule has 1 aliphatic rings.